The summed E-state index contributed by atoms with van der Waals surface area (Å²) in [7, 11) is 2.43. The number of carbonyl (C=O) groups excluding carboxylic acids is 2. The van der Waals surface area contributed by atoms with Crippen molar-refractivity contribution in [1.82, 2.24) is 0 Å². The van der Waals surface area contributed by atoms with Crippen LogP contribution < -0.4 is 0 Å². The zero-order chi connectivity index (χ0) is 11.7. The lowest BCUT2D eigenvalue weighted by atomic mass is 10.1. The van der Waals surface area contributed by atoms with Crippen molar-refractivity contribution in [1.29, 1.82) is 0 Å². The Hall–Kier alpha value is -0.830. The van der Waals surface area contributed by atoms with Crippen LogP contribution in [0.5, 0.6) is 0 Å². The molecule has 0 bridgehead atoms. The van der Waals surface area contributed by atoms with Crippen molar-refractivity contribution in [2.24, 2.45) is 5.92 Å². The predicted octanol–water partition coefficient (Wildman–Crippen LogP) is 0.408. The Morgan fingerprint density at radius 3 is 2.47 bits per heavy atom. The zero-order valence-electron chi connectivity index (χ0n) is 8.30. The monoisotopic (exact) mass is 240 g/mol. The summed E-state index contributed by atoms with van der Waals surface area (Å²) >= 11 is 0.677. The minimum absolute atomic E-state index is 0.0995. The van der Waals surface area contributed by atoms with Gasteiger partial charge in [-0.05, 0) is 0 Å². The summed E-state index contributed by atoms with van der Waals surface area (Å²) in [5.41, 5.74) is 0. The van der Waals surface area contributed by atoms with Gasteiger partial charge in [-0.15, -0.1) is 4.33 Å². The first-order chi connectivity index (χ1) is 7.15. The molecule has 0 radical (unpaired) electrons. The largest absolute Gasteiger partial charge is 0.469 e. The molecular weight excluding hydrogens is 228 g/mol. The van der Waals surface area contributed by atoms with E-state index < -0.39 is 17.9 Å². The van der Waals surface area contributed by atoms with Crippen LogP contribution in [0.4, 0.5) is 0 Å². The van der Waals surface area contributed by atoms with Gasteiger partial charge in [-0.3, -0.25) is 9.59 Å². The SMILES string of the molecule is COC(=O)CC(CSOOO)C(=O)OC. The second kappa shape index (κ2) is 8.48. The molecule has 0 heterocycles. The van der Waals surface area contributed by atoms with Crippen LogP contribution >= 0.6 is 12.0 Å². The fourth-order valence-electron chi connectivity index (χ4n) is 0.793. The van der Waals surface area contributed by atoms with Gasteiger partial charge in [0.1, 0.15) is 0 Å². The van der Waals surface area contributed by atoms with Crippen molar-refractivity contribution in [3.05, 3.63) is 0 Å². The number of ether oxygens (including phenoxy) is 2. The molecule has 0 rings (SSSR count). The van der Waals surface area contributed by atoms with E-state index in [0.717, 1.165) is 0 Å². The molecule has 1 atom stereocenters. The van der Waals surface area contributed by atoms with Gasteiger partial charge in [0.2, 0.25) is 0 Å². The fraction of sp³-hybridized carbons (Fsp3) is 0.714. The molecule has 8 heteroatoms. The van der Waals surface area contributed by atoms with Crippen molar-refractivity contribution < 1.29 is 33.7 Å². The van der Waals surface area contributed by atoms with Crippen molar-refractivity contribution in [3.8, 4) is 0 Å². The smallest absolute Gasteiger partial charge is 0.310 e. The summed E-state index contributed by atoms with van der Waals surface area (Å²) < 4.78 is 13.0. The third-order valence-electron chi connectivity index (χ3n) is 1.52. The fourth-order valence-corrected chi connectivity index (χ4v) is 1.31. The van der Waals surface area contributed by atoms with Crippen LogP contribution in [0, 0.1) is 5.92 Å². The van der Waals surface area contributed by atoms with Gasteiger partial charge in [0.05, 0.1) is 26.6 Å². The van der Waals surface area contributed by atoms with Crippen LogP contribution in [-0.4, -0.2) is 37.2 Å². The average molecular weight is 240 g/mol. The third kappa shape index (κ3) is 6.28. The van der Waals surface area contributed by atoms with E-state index in [1.54, 1.807) is 0 Å². The molecule has 0 saturated carbocycles. The Kier molecular flexibility index (Phi) is 8.01. The molecule has 7 nitrogen and oxygen atoms in total. The van der Waals surface area contributed by atoms with Gasteiger partial charge in [0.25, 0.3) is 0 Å². The van der Waals surface area contributed by atoms with Gasteiger partial charge in [-0.2, -0.15) is 0 Å². The number of esters is 2. The lowest BCUT2D eigenvalue weighted by molar-refractivity contribution is -0.432. The maximum absolute atomic E-state index is 11.2. The van der Waals surface area contributed by atoms with Crippen molar-refractivity contribution in [2.75, 3.05) is 20.0 Å². The second-order valence-corrected chi connectivity index (χ2v) is 3.13. The van der Waals surface area contributed by atoms with E-state index in [-0.39, 0.29) is 12.2 Å². The Labute approximate surface area is 90.7 Å². The minimum Gasteiger partial charge on any atom is -0.469 e. The molecule has 0 amide bonds. The van der Waals surface area contributed by atoms with E-state index in [4.69, 9.17) is 5.26 Å². The summed E-state index contributed by atoms with van der Waals surface area (Å²) in [5, 5.41) is 11.2. The average Bonchev–Trinajstić information content (AvgIpc) is 2.26. The number of methoxy groups -OCH3 is 2. The molecular formula is C7H12O7S. The van der Waals surface area contributed by atoms with Crippen LogP contribution in [0.25, 0.3) is 0 Å². The third-order valence-corrected chi connectivity index (χ3v) is 2.22. The molecule has 0 aromatic rings. The summed E-state index contributed by atoms with van der Waals surface area (Å²) in [6.45, 7) is 0. The lowest BCUT2D eigenvalue weighted by Gasteiger charge is -2.11. The highest BCUT2D eigenvalue weighted by Crippen LogP contribution is 2.15. The Bertz CT molecular complexity index is 208. The van der Waals surface area contributed by atoms with E-state index in [2.05, 4.69) is 18.8 Å². The molecule has 1 N–H and O–H groups in total. The first kappa shape index (κ1) is 14.2. The van der Waals surface area contributed by atoms with Crippen LogP contribution in [0.15, 0.2) is 0 Å². The van der Waals surface area contributed by atoms with E-state index in [1.807, 2.05) is 0 Å². The molecule has 0 aromatic heterocycles. The minimum atomic E-state index is -0.706. The molecule has 0 aliphatic carbocycles. The number of rotatable bonds is 7. The summed E-state index contributed by atoms with van der Waals surface area (Å²) in [5.74, 6) is -1.70. The standard InChI is InChI=1S/C7H12O7S/c1-11-6(8)3-5(7(9)12-2)4-15-14-13-10/h5,10H,3-4H2,1-2H3. The van der Waals surface area contributed by atoms with Crippen molar-refractivity contribution in [2.45, 2.75) is 6.42 Å². The highest BCUT2D eigenvalue weighted by atomic mass is 32.2. The molecule has 0 aromatic carbocycles. The van der Waals surface area contributed by atoms with E-state index in [0.29, 0.717) is 12.0 Å². The highest BCUT2D eigenvalue weighted by Gasteiger charge is 2.23. The van der Waals surface area contributed by atoms with Crippen molar-refractivity contribution >= 4 is 24.0 Å². The summed E-state index contributed by atoms with van der Waals surface area (Å²) in [4.78, 5) is 22.1. The molecule has 0 aliphatic rings. The molecule has 1 unspecified atom stereocenters. The van der Waals surface area contributed by atoms with Gasteiger partial charge in [0.15, 0.2) is 0 Å². The van der Waals surface area contributed by atoms with Crippen LogP contribution in [0.1, 0.15) is 6.42 Å². The Morgan fingerprint density at radius 1 is 1.33 bits per heavy atom. The van der Waals surface area contributed by atoms with E-state index in [9.17, 15) is 9.59 Å². The first-order valence-corrected chi connectivity index (χ1v) is 4.81. The van der Waals surface area contributed by atoms with E-state index >= 15 is 0 Å². The van der Waals surface area contributed by atoms with Gasteiger partial charge < -0.3 is 9.47 Å². The first-order valence-electron chi connectivity index (χ1n) is 3.90. The van der Waals surface area contributed by atoms with Gasteiger partial charge >= 0.3 is 11.9 Å². The quantitative estimate of drug-likeness (QED) is 0.225. The normalized spacial score (nSPS) is 11.9. The van der Waals surface area contributed by atoms with Gasteiger partial charge in [0, 0.05) is 17.8 Å². The summed E-state index contributed by atoms with van der Waals surface area (Å²) in [6.07, 6.45) is -0.120. The maximum atomic E-state index is 11.2. The van der Waals surface area contributed by atoms with Gasteiger partial charge in [-0.25, -0.2) is 5.26 Å². The lowest BCUT2D eigenvalue weighted by Crippen LogP contribution is -2.22. The van der Waals surface area contributed by atoms with E-state index in [1.165, 1.54) is 14.2 Å². The molecule has 0 fully saturated rings. The molecule has 0 aliphatic heterocycles. The number of carbonyl (C=O) groups is 2. The Balaban J connectivity index is 4.06. The topological polar surface area (TPSA) is 91.3 Å². The maximum Gasteiger partial charge on any atom is 0.310 e. The number of hydrogen-bond donors (Lipinski definition) is 1. The molecule has 0 spiro atoms. The van der Waals surface area contributed by atoms with Gasteiger partial charge in [-0.1, -0.05) is 5.04 Å². The van der Waals surface area contributed by atoms with Crippen LogP contribution in [0.3, 0.4) is 0 Å². The van der Waals surface area contributed by atoms with Crippen molar-refractivity contribution in [3.63, 3.8) is 0 Å². The van der Waals surface area contributed by atoms with Crippen LogP contribution in [0.2, 0.25) is 0 Å². The van der Waals surface area contributed by atoms with Crippen LogP contribution in [-0.2, 0) is 28.4 Å². The Morgan fingerprint density at radius 2 is 2.00 bits per heavy atom. The predicted molar refractivity (Wildman–Crippen MR) is 49.4 cm³/mol. The molecule has 88 valence electrons. The molecule has 0 saturated heterocycles. The summed E-state index contributed by atoms with van der Waals surface area (Å²) in [6, 6.07) is 0. The second-order valence-electron chi connectivity index (χ2n) is 2.43. The molecule has 15 heavy (non-hydrogen) atoms. The highest BCUT2D eigenvalue weighted by molar-refractivity contribution is 7.94. The zero-order valence-corrected chi connectivity index (χ0v) is 9.11. The number of hydrogen-bond acceptors (Lipinski definition) is 8.